The number of nitrogens with zero attached hydrogens (tertiary/aromatic N) is 3. The van der Waals surface area contributed by atoms with Crippen LogP contribution in [0.15, 0.2) is 54.7 Å². The first-order valence-corrected chi connectivity index (χ1v) is 10.5. The van der Waals surface area contributed by atoms with E-state index in [2.05, 4.69) is 45.2 Å². The van der Waals surface area contributed by atoms with Crippen LogP contribution in [0.25, 0.3) is 11.1 Å². The smallest absolute Gasteiger partial charge is 0.407 e. The Labute approximate surface area is 189 Å². The monoisotopic (exact) mass is 449 g/mol. The molecule has 1 unspecified atom stereocenters. The van der Waals surface area contributed by atoms with Gasteiger partial charge in [0.1, 0.15) is 12.6 Å². The van der Waals surface area contributed by atoms with E-state index in [1.165, 1.54) is 17.8 Å². The van der Waals surface area contributed by atoms with Crippen molar-refractivity contribution in [2.45, 2.75) is 25.4 Å². The number of carbonyl (C=O) groups excluding carboxylic acids is 2. The molecule has 3 aromatic rings. The van der Waals surface area contributed by atoms with Gasteiger partial charge in [-0.05, 0) is 29.2 Å². The fraction of sp³-hybridized carbons (Fsp3) is 0.261. The standard InChI is InChI=1S/C23H23N5O5/c1-14(22(30)31)25-21(29)20-12-28(27-26-20)11-10-24-23(32)33-13-19-17-8-4-2-6-15(17)16-7-3-5-9-18(16)19/h2-9,12,14,19H,10-11,13H2,1H3,(H,24,32)(H,25,29)(H,30,31). The number of amides is 2. The first-order valence-electron chi connectivity index (χ1n) is 10.5. The van der Waals surface area contributed by atoms with Crippen LogP contribution >= 0.6 is 0 Å². The van der Waals surface area contributed by atoms with Crippen molar-refractivity contribution in [2.24, 2.45) is 0 Å². The number of carboxylic acid groups (broad SMARTS) is 1. The zero-order valence-electron chi connectivity index (χ0n) is 17.9. The van der Waals surface area contributed by atoms with Crippen LogP contribution in [0.2, 0.25) is 0 Å². The summed E-state index contributed by atoms with van der Waals surface area (Å²) in [5, 5.41) is 21.3. The molecule has 3 N–H and O–H groups in total. The molecule has 4 rings (SSSR count). The van der Waals surface area contributed by atoms with Crippen molar-refractivity contribution in [3.63, 3.8) is 0 Å². The highest BCUT2D eigenvalue weighted by atomic mass is 16.5. The number of benzene rings is 2. The van der Waals surface area contributed by atoms with Crippen molar-refractivity contribution in [1.82, 2.24) is 25.6 Å². The van der Waals surface area contributed by atoms with Gasteiger partial charge in [-0.25, -0.2) is 9.48 Å². The third-order valence-corrected chi connectivity index (χ3v) is 5.44. The highest BCUT2D eigenvalue weighted by Crippen LogP contribution is 2.44. The summed E-state index contributed by atoms with van der Waals surface area (Å²) in [6.45, 7) is 2.05. The lowest BCUT2D eigenvalue weighted by Crippen LogP contribution is -2.38. The molecule has 0 aliphatic heterocycles. The van der Waals surface area contributed by atoms with Crippen LogP contribution in [0.1, 0.15) is 34.5 Å². The van der Waals surface area contributed by atoms with E-state index in [0.717, 1.165) is 22.3 Å². The number of rotatable bonds is 8. The zero-order valence-corrected chi connectivity index (χ0v) is 17.9. The number of carboxylic acids is 1. The van der Waals surface area contributed by atoms with Gasteiger partial charge in [-0.3, -0.25) is 9.59 Å². The molecule has 1 heterocycles. The van der Waals surface area contributed by atoms with Crippen molar-refractivity contribution in [3.05, 3.63) is 71.5 Å². The second-order valence-corrected chi connectivity index (χ2v) is 7.65. The van der Waals surface area contributed by atoms with Gasteiger partial charge in [-0.15, -0.1) is 5.10 Å². The number of nitrogens with one attached hydrogen (secondary N) is 2. The van der Waals surface area contributed by atoms with Gasteiger partial charge in [0.2, 0.25) is 0 Å². The predicted molar refractivity (Wildman–Crippen MR) is 118 cm³/mol. The molecule has 0 radical (unpaired) electrons. The summed E-state index contributed by atoms with van der Waals surface area (Å²) in [6.07, 6.45) is 0.828. The Kier molecular flexibility index (Phi) is 6.34. The molecular weight excluding hydrogens is 426 g/mol. The molecule has 33 heavy (non-hydrogen) atoms. The SMILES string of the molecule is CC(NC(=O)c1cn(CCNC(=O)OCC2c3ccccc3-c3ccccc32)nn1)C(=O)O. The molecule has 0 saturated carbocycles. The van der Waals surface area contributed by atoms with Crippen molar-refractivity contribution < 1.29 is 24.2 Å². The number of aromatic nitrogens is 3. The van der Waals surface area contributed by atoms with Gasteiger partial charge < -0.3 is 20.5 Å². The maximum Gasteiger partial charge on any atom is 0.407 e. The summed E-state index contributed by atoms with van der Waals surface area (Å²) < 4.78 is 6.85. The normalized spacial score (nSPS) is 13.0. The molecule has 10 nitrogen and oxygen atoms in total. The Morgan fingerprint density at radius 2 is 1.73 bits per heavy atom. The summed E-state index contributed by atoms with van der Waals surface area (Å²) in [6, 6.07) is 15.2. The number of carbonyl (C=O) groups is 3. The van der Waals surface area contributed by atoms with Gasteiger partial charge in [-0.1, -0.05) is 53.7 Å². The van der Waals surface area contributed by atoms with E-state index >= 15 is 0 Å². The Hall–Kier alpha value is -4.21. The van der Waals surface area contributed by atoms with Crippen LogP contribution in [-0.4, -0.2) is 57.3 Å². The molecule has 2 amide bonds. The maximum absolute atomic E-state index is 12.2. The van der Waals surface area contributed by atoms with Crippen LogP contribution < -0.4 is 10.6 Å². The minimum absolute atomic E-state index is 0.00996. The largest absolute Gasteiger partial charge is 0.480 e. The van der Waals surface area contributed by atoms with Gasteiger partial charge in [0, 0.05) is 12.5 Å². The van der Waals surface area contributed by atoms with Gasteiger partial charge in [-0.2, -0.15) is 0 Å². The van der Waals surface area contributed by atoms with Crippen LogP contribution in [0.4, 0.5) is 4.79 Å². The molecule has 10 heteroatoms. The lowest BCUT2D eigenvalue weighted by atomic mass is 9.98. The number of alkyl carbamates (subject to hydrolysis) is 1. The second-order valence-electron chi connectivity index (χ2n) is 7.65. The molecular formula is C23H23N5O5. The third kappa shape index (κ3) is 4.84. The molecule has 1 atom stereocenters. The summed E-state index contributed by atoms with van der Waals surface area (Å²) in [5.41, 5.74) is 4.58. The lowest BCUT2D eigenvalue weighted by molar-refractivity contribution is -0.138. The van der Waals surface area contributed by atoms with Gasteiger partial charge in [0.05, 0.1) is 12.7 Å². The van der Waals surface area contributed by atoms with E-state index in [1.54, 1.807) is 0 Å². The first kappa shape index (κ1) is 22.0. The summed E-state index contributed by atoms with van der Waals surface area (Å²) in [5.74, 6) is -1.81. The second kappa shape index (κ2) is 9.51. The topological polar surface area (TPSA) is 135 Å². The average Bonchev–Trinajstić information content (AvgIpc) is 3.41. The predicted octanol–water partition coefficient (Wildman–Crippen LogP) is 2.02. The van der Waals surface area contributed by atoms with Crippen molar-refractivity contribution >= 4 is 18.0 Å². The molecule has 2 aromatic carbocycles. The van der Waals surface area contributed by atoms with Gasteiger partial charge in [0.15, 0.2) is 5.69 Å². The molecule has 170 valence electrons. The Morgan fingerprint density at radius 1 is 1.09 bits per heavy atom. The van der Waals surface area contributed by atoms with E-state index < -0.39 is 24.0 Å². The van der Waals surface area contributed by atoms with Crippen LogP contribution in [0.5, 0.6) is 0 Å². The van der Waals surface area contributed by atoms with E-state index in [9.17, 15) is 14.4 Å². The molecule has 1 aromatic heterocycles. The van der Waals surface area contributed by atoms with Crippen LogP contribution in [0.3, 0.4) is 0 Å². The minimum Gasteiger partial charge on any atom is -0.480 e. The highest BCUT2D eigenvalue weighted by Gasteiger charge is 2.29. The van der Waals surface area contributed by atoms with E-state index in [4.69, 9.17) is 9.84 Å². The molecule has 0 fully saturated rings. The number of ether oxygens (including phenoxy) is 1. The minimum atomic E-state index is -1.15. The Morgan fingerprint density at radius 3 is 2.36 bits per heavy atom. The average molecular weight is 449 g/mol. The first-order chi connectivity index (χ1) is 15.9. The summed E-state index contributed by atoms with van der Waals surface area (Å²) in [7, 11) is 0. The quantitative estimate of drug-likeness (QED) is 0.479. The fourth-order valence-electron chi connectivity index (χ4n) is 3.77. The Bertz CT molecular complexity index is 1150. The van der Waals surface area contributed by atoms with Crippen molar-refractivity contribution in [2.75, 3.05) is 13.2 Å². The fourth-order valence-corrected chi connectivity index (χ4v) is 3.77. The van der Waals surface area contributed by atoms with Gasteiger partial charge in [0.25, 0.3) is 5.91 Å². The Balaban J connectivity index is 1.26. The molecule has 0 spiro atoms. The van der Waals surface area contributed by atoms with E-state index in [-0.39, 0.29) is 31.3 Å². The highest BCUT2D eigenvalue weighted by molar-refractivity contribution is 5.94. The van der Waals surface area contributed by atoms with Crippen molar-refractivity contribution in [1.29, 1.82) is 0 Å². The zero-order chi connectivity index (χ0) is 23.4. The number of fused-ring (bicyclic) bond motifs is 3. The van der Waals surface area contributed by atoms with E-state index in [0.29, 0.717) is 0 Å². The van der Waals surface area contributed by atoms with Crippen LogP contribution in [0, 0.1) is 0 Å². The van der Waals surface area contributed by atoms with Gasteiger partial charge >= 0.3 is 12.1 Å². The third-order valence-electron chi connectivity index (χ3n) is 5.44. The number of hydrogen-bond donors (Lipinski definition) is 3. The maximum atomic E-state index is 12.2. The summed E-state index contributed by atoms with van der Waals surface area (Å²) >= 11 is 0. The van der Waals surface area contributed by atoms with Crippen molar-refractivity contribution in [3.8, 4) is 11.1 Å². The summed E-state index contributed by atoms with van der Waals surface area (Å²) in [4.78, 5) is 35.0. The molecule has 1 aliphatic carbocycles. The molecule has 0 saturated heterocycles. The van der Waals surface area contributed by atoms with Crippen LogP contribution in [-0.2, 0) is 16.1 Å². The number of hydrogen-bond acceptors (Lipinski definition) is 6. The molecule has 1 aliphatic rings. The number of aliphatic carboxylic acids is 1. The van der Waals surface area contributed by atoms with E-state index in [1.807, 2.05) is 24.3 Å². The molecule has 0 bridgehead atoms. The lowest BCUT2D eigenvalue weighted by Gasteiger charge is -2.14.